The fourth-order valence-electron chi connectivity index (χ4n) is 1.49. The molecule has 0 radical (unpaired) electrons. The van der Waals surface area contributed by atoms with Gasteiger partial charge in [-0.1, -0.05) is 11.6 Å². The molecular formula is C13H9ClF2N2O. The highest BCUT2D eigenvalue weighted by atomic mass is 35.5. The summed E-state index contributed by atoms with van der Waals surface area (Å²) in [4.78, 5) is 11.8. The van der Waals surface area contributed by atoms with Gasteiger partial charge in [0.05, 0.1) is 10.7 Å². The summed E-state index contributed by atoms with van der Waals surface area (Å²) in [7, 11) is 0. The van der Waals surface area contributed by atoms with Gasteiger partial charge in [0.15, 0.2) is 0 Å². The van der Waals surface area contributed by atoms with E-state index < -0.39 is 17.5 Å². The lowest BCUT2D eigenvalue weighted by molar-refractivity contribution is 0.102. The van der Waals surface area contributed by atoms with Gasteiger partial charge in [-0.25, -0.2) is 8.78 Å². The molecule has 1 amide bonds. The van der Waals surface area contributed by atoms with Gasteiger partial charge in [-0.15, -0.1) is 0 Å². The summed E-state index contributed by atoms with van der Waals surface area (Å²) in [6, 6.07) is 7.08. The smallest absolute Gasteiger partial charge is 0.255 e. The maximum Gasteiger partial charge on any atom is 0.255 e. The topological polar surface area (TPSA) is 55.1 Å². The van der Waals surface area contributed by atoms with Gasteiger partial charge in [-0.05, 0) is 30.3 Å². The van der Waals surface area contributed by atoms with Crippen LogP contribution in [0.2, 0.25) is 5.02 Å². The molecule has 0 fully saturated rings. The Morgan fingerprint density at radius 2 is 1.74 bits per heavy atom. The van der Waals surface area contributed by atoms with Gasteiger partial charge < -0.3 is 11.1 Å². The minimum absolute atomic E-state index is 0.120. The first kappa shape index (κ1) is 13.3. The van der Waals surface area contributed by atoms with Gasteiger partial charge in [0, 0.05) is 17.3 Å². The fourth-order valence-corrected chi connectivity index (χ4v) is 1.67. The van der Waals surface area contributed by atoms with Crippen molar-refractivity contribution in [2.75, 3.05) is 11.1 Å². The van der Waals surface area contributed by atoms with Crippen LogP contribution < -0.4 is 11.1 Å². The van der Waals surface area contributed by atoms with Crippen LogP contribution in [-0.4, -0.2) is 5.91 Å². The molecule has 19 heavy (non-hydrogen) atoms. The van der Waals surface area contributed by atoms with Crippen LogP contribution in [0.3, 0.4) is 0 Å². The Kier molecular flexibility index (Phi) is 3.66. The summed E-state index contributed by atoms with van der Waals surface area (Å²) in [5.41, 5.74) is 6.16. The zero-order chi connectivity index (χ0) is 14.0. The number of nitrogens with one attached hydrogen (secondary N) is 1. The molecular weight excluding hydrogens is 274 g/mol. The lowest BCUT2D eigenvalue weighted by Gasteiger charge is -2.07. The summed E-state index contributed by atoms with van der Waals surface area (Å²) in [6.07, 6.45) is 0. The van der Waals surface area contributed by atoms with Crippen LogP contribution in [0.1, 0.15) is 10.4 Å². The molecule has 3 N–H and O–H groups in total. The van der Waals surface area contributed by atoms with E-state index in [2.05, 4.69) is 5.32 Å². The zero-order valence-electron chi connectivity index (χ0n) is 9.58. The zero-order valence-corrected chi connectivity index (χ0v) is 10.3. The second-order valence-corrected chi connectivity index (χ2v) is 4.26. The molecule has 0 spiro atoms. The number of amides is 1. The first-order chi connectivity index (χ1) is 8.95. The van der Waals surface area contributed by atoms with Crippen molar-refractivity contribution in [2.45, 2.75) is 0 Å². The Morgan fingerprint density at radius 3 is 2.32 bits per heavy atom. The highest BCUT2D eigenvalue weighted by Crippen LogP contribution is 2.23. The molecule has 2 aromatic carbocycles. The van der Waals surface area contributed by atoms with Crippen LogP contribution in [-0.2, 0) is 0 Å². The molecule has 0 aliphatic rings. The summed E-state index contributed by atoms with van der Waals surface area (Å²) in [5.74, 6) is -2.28. The SMILES string of the molecule is Nc1ccc(NC(=O)c2cc(F)cc(F)c2)cc1Cl. The number of carbonyl (C=O) groups excluding carboxylic acids is 1. The number of hydrogen-bond acceptors (Lipinski definition) is 2. The number of benzene rings is 2. The predicted octanol–water partition coefficient (Wildman–Crippen LogP) is 3.45. The van der Waals surface area contributed by atoms with Crippen molar-refractivity contribution in [2.24, 2.45) is 0 Å². The number of hydrogen-bond donors (Lipinski definition) is 2. The molecule has 2 aromatic rings. The van der Waals surface area contributed by atoms with E-state index in [0.29, 0.717) is 17.4 Å². The van der Waals surface area contributed by atoms with E-state index in [1.54, 1.807) is 0 Å². The number of nitrogen functional groups attached to an aromatic ring is 1. The molecule has 2 rings (SSSR count). The Bertz CT molecular complexity index is 626. The molecule has 0 unspecified atom stereocenters. The van der Waals surface area contributed by atoms with Crippen LogP contribution in [0, 0.1) is 11.6 Å². The monoisotopic (exact) mass is 282 g/mol. The molecule has 0 aromatic heterocycles. The molecule has 98 valence electrons. The number of anilines is 2. The van der Waals surface area contributed by atoms with E-state index in [9.17, 15) is 13.6 Å². The van der Waals surface area contributed by atoms with Crippen molar-refractivity contribution < 1.29 is 13.6 Å². The molecule has 0 saturated heterocycles. The van der Waals surface area contributed by atoms with Gasteiger partial charge in [0.25, 0.3) is 5.91 Å². The number of halogens is 3. The first-order valence-electron chi connectivity index (χ1n) is 5.28. The van der Waals surface area contributed by atoms with E-state index in [0.717, 1.165) is 12.1 Å². The number of carbonyl (C=O) groups is 1. The van der Waals surface area contributed by atoms with Crippen LogP contribution in [0.15, 0.2) is 36.4 Å². The first-order valence-corrected chi connectivity index (χ1v) is 5.66. The minimum atomic E-state index is -0.819. The number of nitrogens with two attached hydrogens (primary N) is 1. The highest BCUT2D eigenvalue weighted by Gasteiger charge is 2.10. The van der Waals surface area contributed by atoms with Crippen LogP contribution in [0.4, 0.5) is 20.2 Å². The van der Waals surface area contributed by atoms with E-state index in [1.165, 1.54) is 18.2 Å². The van der Waals surface area contributed by atoms with Crippen LogP contribution in [0.25, 0.3) is 0 Å². The molecule has 0 saturated carbocycles. The van der Waals surface area contributed by atoms with E-state index >= 15 is 0 Å². The lowest BCUT2D eigenvalue weighted by Crippen LogP contribution is -2.12. The third kappa shape index (κ3) is 3.20. The van der Waals surface area contributed by atoms with E-state index in [1.807, 2.05) is 0 Å². The molecule has 3 nitrogen and oxygen atoms in total. The van der Waals surface area contributed by atoms with Crippen LogP contribution >= 0.6 is 11.6 Å². The van der Waals surface area contributed by atoms with Gasteiger partial charge in [0.1, 0.15) is 11.6 Å². The summed E-state index contributed by atoms with van der Waals surface area (Å²) >= 11 is 5.80. The van der Waals surface area contributed by atoms with E-state index in [-0.39, 0.29) is 10.6 Å². The summed E-state index contributed by atoms with van der Waals surface area (Å²) in [5, 5.41) is 2.75. The highest BCUT2D eigenvalue weighted by molar-refractivity contribution is 6.33. The maximum absolute atomic E-state index is 13.0. The van der Waals surface area contributed by atoms with Gasteiger partial charge in [0.2, 0.25) is 0 Å². The van der Waals surface area contributed by atoms with Gasteiger partial charge >= 0.3 is 0 Å². The molecule has 0 heterocycles. The lowest BCUT2D eigenvalue weighted by atomic mass is 10.2. The Morgan fingerprint density at radius 1 is 1.11 bits per heavy atom. The number of rotatable bonds is 2. The van der Waals surface area contributed by atoms with Crippen molar-refractivity contribution in [3.8, 4) is 0 Å². The van der Waals surface area contributed by atoms with Gasteiger partial charge in [-0.3, -0.25) is 4.79 Å². The molecule has 0 aliphatic heterocycles. The average molecular weight is 283 g/mol. The third-order valence-electron chi connectivity index (χ3n) is 2.38. The minimum Gasteiger partial charge on any atom is -0.398 e. The normalized spacial score (nSPS) is 10.3. The standard InChI is InChI=1S/C13H9ClF2N2O/c14-11-6-10(1-2-12(11)17)18-13(19)7-3-8(15)5-9(16)4-7/h1-6H,17H2,(H,18,19). The summed E-state index contributed by atoms with van der Waals surface area (Å²) in [6.45, 7) is 0. The molecule has 0 atom stereocenters. The maximum atomic E-state index is 13.0. The second kappa shape index (κ2) is 5.24. The van der Waals surface area contributed by atoms with E-state index in [4.69, 9.17) is 17.3 Å². The largest absolute Gasteiger partial charge is 0.398 e. The Labute approximate surface area is 113 Å². The fraction of sp³-hybridized carbons (Fsp3) is 0. The Hall–Kier alpha value is -2.14. The molecule has 0 aliphatic carbocycles. The quantitative estimate of drug-likeness (QED) is 0.829. The second-order valence-electron chi connectivity index (χ2n) is 3.85. The third-order valence-corrected chi connectivity index (χ3v) is 2.71. The van der Waals surface area contributed by atoms with Crippen molar-refractivity contribution >= 4 is 28.9 Å². The van der Waals surface area contributed by atoms with Crippen molar-refractivity contribution in [1.82, 2.24) is 0 Å². The van der Waals surface area contributed by atoms with Crippen LogP contribution in [0.5, 0.6) is 0 Å². The molecule has 0 bridgehead atoms. The average Bonchev–Trinajstić information content (AvgIpc) is 2.32. The van der Waals surface area contributed by atoms with Crippen molar-refractivity contribution in [3.05, 3.63) is 58.6 Å². The van der Waals surface area contributed by atoms with Crippen molar-refractivity contribution in [1.29, 1.82) is 0 Å². The van der Waals surface area contributed by atoms with Crippen molar-refractivity contribution in [3.63, 3.8) is 0 Å². The predicted molar refractivity (Wildman–Crippen MR) is 70.2 cm³/mol. The summed E-state index contributed by atoms with van der Waals surface area (Å²) < 4.78 is 26.0. The van der Waals surface area contributed by atoms with Gasteiger partial charge in [-0.2, -0.15) is 0 Å². The Balaban J connectivity index is 2.22. The molecule has 6 heteroatoms.